The second-order valence-corrected chi connectivity index (χ2v) is 8.25. The number of nitrogens with one attached hydrogen (secondary N) is 2. The van der Waals surface area contributed by atoms with Crippen molar-refractivity contribution in [3.05, 3.63) is 17.8 Å². The zero-order valence-corrected chi connectivity index (χ0v) is 17.7. The number of rotatable bonds is 6. The van der Waals surface area contributed by atoms with E-state index in [0.717, 1.165) is 87.7 Å². The van der Waals surface area contributed by atoms with Crippen LogP contribution in [0.25, 0.3) is 10.2 Å². The Hall–Kier alpha value is -1.48. The van der Waals surface area contributed by atoms with E-state index in [1.54, 1.807) is 17.7 Å². The number of carbonyl (C=O) groups excluding carboxylic acids is 1. The molecule has 1 atom stereocenters. The van der Waals surface area contributed by atoms with Crippen LogP contribution < -0.4 is 15.5 Å². The number of fused-ring (bicyclic) bond motifs is 1. The molecule has 1 amide bonds. The topological polar surface area (TPSA) is 73.4 Å². The number of halogens is 1. The molecule has 2 saturated heterocycles. The van der Waals surface area contributed by atoms with Crippen LogP contribution in [-0.2, 0) is 4.79 Å². The zero-order chi connectivity index (χ0) is 18.5. The minimum atomic E-state index is 0. The number of piperidine rings is 1. The molecule has 4 rings (SSSR count). The van der Waals surface area contributed by atoms with E-state index in [1.807, 2.05) is 0 Å². The molecule has 2 aliphatic rings. The van der Waals surface area contributed by atoms with Gasteiger partial charge in [0, 0.05) is 45.8 Å². The van der Waals surface area contributed by atoms with Gasteiger partial charge >= 0.3 is 0 Å². The molecule has 0 bridgehead atoms. The van der Waals surface area contributed by atoms with Gasteiger partial charge in [0.1, 0.15) is 17.0 Å². The van der Waals surface area contributed by atoms with Crippen LogP contribution in [0.3, 0.4) is 0 Å². The Balaban J connectivity index is 0.00000225. The molecule has 4 heterocycles. The fourth-order valence-electron chi connectivity index (χ4n) is 4.01. The van der Waals surface area contributed by atoms with Gasteiger partial charge in [0.2, 0.25) is 5.91 Å². The van der Waals surface area contributed by atoms with Gasteiger partial charge < -0.3 is 20.4 Å². The molecule has 0 aromatic carbocycles. The summed E-state index contributed by atoms with van der Waals surface area (Å²) in [5.74, 6) is 1.20. The molecule has 2 aliphatic heterocycles. The van der Waals surface area contributed by atoms with E-state index < -0.39 is 0 Å². The molecule has 0 saturated carbocycles. The van der Waals surface area contributed by atoms with Gasteiger partial charge in [-0.25, -0.2) is 9.97 Å². The number of piperazine rings is 1. The van der Waals surface area contributed by atoms with Crippen molar-refractivity contribution in [2.45, 2.75) is 19.3 Å². The van der Waals surface area contributed by atoms with Gasteiger partial charge in [0.05, 0.1) is 11.3 Å². The second kappa shape index (κ2) is 10.3. The number of amides is 1. The summed E-state index contributed by atoms with van der Waals surface area (Å²) in [5, 5.41) is 9.67. The van der Waals surface area contributed by atoms with Crippen molar-refractivity contribution in [2.75, 3.05) is 57.3 Å². The smallest absolute Gasteiger partial charge is 0.224 e. The first-order valence-electron chi connectivity index (χ1n) is 9.95. The van der Waals surface area contributed by atoms with Crippen molar-refractivity contribution in [1.29, 1.82) is 0 Å². The summed E-state index contributed by atoms with van der Waals surface area (Å²) in [6.45, 7) is 7.90. The lowest BCUT2D eigenvalue weighted by Crippen LogP contribution is -2.45. The Morgan fingerprint density at radius 2 is 2.14 bits per heavy atom. The highest BCUT2D eigenvalue weighted by atomic mass is 35.5. The van der Waals surface area contributed by atoms with Crippen molar-refractivity contribution in [3.63, 3.8) is 0 Å². The summed E-state index contributed by atoms with van der Waals surface area (Å²) in [6.07, 6.45) is 4.63. The number of hydrogen-bond donors (Lipinski definition) is 2. The maximum absolute atomic E-state index is 12.6. The largest absolute Gasteiger partial charge is 0.356 e. The van der Waals surface area contributed by atoms with Gasteiger partial charge in [-0.05, 0) is 37.3 Å². The first-order valence-corrected chi connectivity index (χ1v) is 10.8. The van der Waals surface area contributed by atoms with Gasteiger partial charge in [-0.1, -0.05) is 0 Å². The Morgan fingerprint density at radius 1 is 1.29 bits per heavy atom. The lowest BCUT2D eigenvalue weighted by molar-refractivity contribution is -0.125. The number of thiophene rings is 1. The third kappa shape index (κ3) is 5.11. The van der Waals surface area contributed by atoms with Crippen LogP contribution in [0.15, 0.2) is 17.8 Å². The Kier molecular flexibility index (Phi) is 7.84. The minimum Gasteiger partial charge on any atom is -0.356 e. The summed E-state index contributed by atoms with van der Waals surface area (Å²) in [6, 6.07) is 2.08. The number of nitrogens with zero attached hydrogens (tertiary/aromatic N) is 4. The van der Waals surface area contributed by atoms with Crippen LogP contribution in [0, 0.1) is 5.92 Å². The molecule has 1 unspecified atom stereocenters. The molecule has 2 aromatic heterocycles. The third-order valence-electron chi connectivity index (χ3n) is 5.49. The summed E-state index contributed by atoms with van der Waals surface area (Å²) in [7, 11) is 0. The van der Waals surface area contributed by atoms with Gasteiger partial charge in [-0.3, -0.25) is 4.79 Å². The van der Waals surface area contributed by atoms with Crippen LogP contribution in [-0.4, -0.2) is 73.1 Å². The fraction of sp³-hybridized carbons (Fsp3) is 0.632. The predicted octanol–water partition coefficient (Wildman–Crippen LogP) is 1.74. The SMILES string of the molecule is Cl.O=C(NCCCN1CCNCC1)C1CCCN(c2ncnc3sccc23)C1. The van der Waals surface area contributed by atoms with Crippen LogP contribution in [0.1, 0.15) is 19.3 Å². The highest BCUT2D eigenvalue weighted by molar-refractivity contribution is 7.16. The first kappa shape index (κ1) is 21.2. The van der Waals surface area contributed by atoms with E-state index in [0.29, 0.717) is 0 Å². The molecule has 7 nitrogen and oxygen atoms in total. The van der Waals surface area contributed by atoms with Crippen LogP contribution in [0.4, 0.5) is 5.82 Å². The number of hydrogen-bond acceptors (Lipinski definition) is 7. The maximum Gasteiger partial charge on any atom is 0.224 e. The van der Waals surface area contributed by atoms with Gasteiger partial charge in [-0.15, -0.1) is 23.7 Å². The molecule has 2 fully saturated rings. The average molecular weight is 425 g/mol. The van der Waals surface area contributed by atoms with Crippen LogP contribution in [0.5, 0.6) is 0 Å². The lowest BCUT2D eigenvalue weighted by atomic mass is 9.97. The van der Waals surface area contributed by atoms with E-state index in [1.165, 1.54) is 0 Å². The van der Waals surface area contributed by atoms with Crippen LogP contribution >= 0.6 is 23.7 Å². The van der Waals surface area contributed by atoms with E-state index >= 15 is 0 Å². The van der Waals surface area contributed by atoms with Gasteiger partial charge in [0.15, 0.2) is 0 Å². The van der Waals surface area contributed by atoms with Gasteiger partial charge in [-0.2, -0.15) is 0 Å². The fourth-order valence-corrected chi connectivity index (χ4v) is 4.73. The molecular weight excluding hydrogens is 396 g/mol. The second-order valence-electron chi connectivity index (χ2n) is 7.36. The molecule has 154 valence electrons. The van der Waals surface area contributed by atoms with Gasteiger partial charge in [0.25, 0.3) is 0 Å². The summed E-state index contributed by atoms with van der Waals surface area (Å²) in [4.78, 5) is 27.2. The van der Waals surface area contributed by atoms with E-state index in [4.69, 9.17) is 0 Å². The maximum atomic E-state index is 12.6. The van der Waals surface area contributed by atoms with Crippen molar-refractivity contribution < 1.29 is 4.79 Å². The van der Waals surface area contributed by atoms with Crippen molar-refractivity contribution in [2.24, 2.45) is 5.92 Å². The average Bonchev–Trinajstić information content (AvgIpc) is 3.21. The number of anilines is 1. The summed E-state index contributed by atoms with van der Waals surface area (Å²) in [5.41, 5.74) is 0. The summed E-state index contributed by atoms with van der Waals surface area (Å²) < 4.78 is 0. The third-order valence-corrected chi connectivity index (χ3v) is 6.31. The molecule has 0 aliphatic carbocycles. The summed E-state index contributed by atoms with van der Waals surface area (Å²) >= 11 is 1.63. The highest BCUT2D eigenvalue weighted by Crippen LogP contribution is 2.29. The lowest BCUT2D eigenvalue weighted by Gasteiger charge is -2.33. The molecule has 2 aromatic rings. The Labute approximate surface area is 176 Å². The van der Waals surface area contributed by atoms with Crippen LogP contribution in [0.2, 0.25) is 0 Å². The molecule has 9 heteroatoms. The zero-order valence-electron chi connectivity index (χ0n) is 16.1. The van der Waals surface area contributed by atoms with Crippen molar-refractivity contribution in [3.8, 4) is 0 Å². The van der Waals surface area contributed by atoms with E-state index in [9.17, 15) is 4.79 Å². The predicted molar refractivity (Wildman–Crippen MR) is 117 cm³/mol. The normalized spacial score (nSPS) is 20.7. The highest BCUT2D eigenvalue weighted by Gasteiger charge is 2.27. The molecule has 28 heavy (non-hydrogen) atoms. The molecule has 0 radical (unpaired) electrons. The van der Waals surface area contributed by atoms with E-state index in [2.05, 4.69) is 41.8 Å². The van der Waals surface area contributed by atoms with E-state index in [-0.39, 0.29) is 24.2 Å². The van der Waals surface area contributed by atoms with Crippen molar-refractivity contribution >= 4 is 45.7 Å². The Bertz CT molecular complexity index is 766. The first-order chi connectivity index (χ1) is 13.3. The monoisotopic (exact) mass is 424 g/mol. The minimum absolute atomic E-state index is 0. The molecule has 0 spiro atoms. The standard InChI is InChI=1S/C19H28N6OS.ClH/c26-18(21-5-2-8-24-10-6-20-7-11-24)15-3-1-9-25(13-15)17-16-4-12-27-19(16)23-14-22-17;/h4,12,14-15,20H,1-3,5-11,13H2,(H,21,26);1H. The molecular formula is C19H29ClN6OS. The number of aromatic nitrogens is 2. The molecule has 2 N–H and O–H groups in total. The van der Waals surface area contributed by atoms with Crippen molar-refractivity contribution in [1.82, 2.24) is 25.5 Å². The number of carbonyl (C=O) groups is 1. The Morgan fingerprint density at radius 3 is 3.00 bits per heavy atom. The quantitative estimate of drug-likeness (QED) is 0.688.